The Morgan fingerprint density at radius 1 is 1.06 bits per heavy atom. The van der Waals surface area contributed by atoms with Gasteiger partial charge in [-0.1, -0.05) is 31.9 Å². The van der Waals surface area contributed by atoms with Gasteiger partial charge in [-0.25, -0.2) is 0 Å². The number of hydrogen-bond acceptors (Lipinski definition) is 7. The van der Waals surface area contributed by atoms with E-state index in [0.29, 0.717) is 5.92 Å². The summed E-state index contributed by atoms with van der Waals surface area (Å²) in [5.41, 5.74) is 4.17. The summed E-state index contributed by atoms with van der Waals surface area (Å²) in [4.78, 5) is 0. The van der Waals surface area contributed by atoms with Gasteiger partial charge < -0.3 is 34.3 Å². The number of hydrogen-bond donors (Lipinski definition) is 4. The molecule has 0 spiro atoms. The Morgan fingerprint density at radius 3 is 2.48 bits per heavy atom. The van der Waals surface area contributed by atoms with Crippen molar-refractivity contribution in [1.29, 1.82) is 0 Å². The Kier molecular flexibility index (Phi) is 7.12. The molecule has 1 saturated heterocycles. The number of ether oxygens (including phenoxy) is 2. The molecule has 33 heavy (non-hydrogen) atoms. The van der Waals surface area contributed by atoms with Gasteiger partial charge in [0.25, 0.3) is 0 Å². The average molecular weight is 465 g/mol. The highest BCUT2D eigenvalue weighted by atomic mass is 16.7. The van der Waals surface area contributed by atoms with E-state index >= 15 is 0 Å². The van der Waals surface area contributed by atoms with E-state index in [1.54, 1.807) is 11.8 Å². The minimum Gasteiger partial charge on any atom is -0.472 e. The van der Waals surface area contributed by atoms with Crippen LogP contribution in [0.4, 0.5) is 0 Å². The van der Waals surface area contributed by atoms with Crippen molar-refractivity contribution in [2.24, 2.45) is 16.7 Å². The van der Waals surface area contributed by atoms with Gasteiger partial charge in [-0.15, -0.1) is 0 Å². The van der Waals surface area contributed by atoms with Crippen molar-refractivity contribution in [2.45, 2.75) is 103 Å². The Labute approximate surface area is 196 Å². The maximum absolute atomic E-state index is 10.5. The molecule has 0 aromatic carbocycles. The first-order chi connectivity index (χ1) is 15.6. The molecule has 1 saturated carbocycles. The largest absolute Gasteiger partial charge is 0.472 e. The van der Waals surface area contributed by atoms with Crippen LogP contribution in [0, 0.1) is 16.7 Å². The van der Waals surface area contributed by atoms with Crippen molar-refractivity contribution in [3.8, 4) is 0 Å². The molecule has 7 nitrogen and oxygen atoms in total. The zero-order valence-corrected chi connectivity index (χ0v) is 20.2. The van der Waals surface area contributed by atoms with E-state index in [0.717, 1.165) is 38.5 Å². The number of fused-ring (bicyclic) bond motifs is 1. The van der Waals surface area contributed by atoms with Crippen molar-refractivity contribution in [1.82, 2.24) is 0 Å². The summed E-state index contributed by atoms with van der Waals surface area (Å²) in [7, 11) is 0. The van der Waals surface area contributed by atoms with Crippen LogP contribution in [0.25, 0.3) is 0 Å². The summed E-state index contributed by atoms with van der Waals surface area (Å²) in [6.45, 7) is 8.69. The van der Waals surface area contributed by atoms with Gasteiger partial charge in [0.2, 0.25) is 0 Å². The molecule has 4 N–H and O–H groups in total. The molecular weight excluding hydrogens is 424 g/mol. The molecule has 1 unspecified atom stereocenters. The molecule has 186 valence electrons. The molecule has 0 radical (unpaired) electrons. The van der Waals surface area contributed by atoms with Crippen LogP contribution >= 0.6 is 0 Å². The second-order valence-electron chi connectivity index (χ2n) is 11.1. The topological polar surface area (TPSA) is 113 Å². The lowest BCUT2D eigenvalue weighted by molar-refractivity contribution is -0.325. The van der Waals surface area contributed by atoms with Crippen LogP contribution in [0.3, 0.4) is 0 Å². The molecule has 4 rings (SSSR count). The van der Waals surface area contributed by atoms with Crippen LogP contribution in [-0.2, 0) is 15.9 Å². The maximum atomic E-state index is 10.5. The van der Waals surface area contributed by atoms with Crippen molar-refractivity contribution >= 4 is 0 Å². The Bertz CT molecular complexity index is 830. The minimum absolute atomic E-state index is 0.0742. The van der Waals surface area contributed by atoms with E-state index in [1.807, 2.05) is 12.3 Å². The van der Waals surface area contributed by atoms with Crippen molar-refractivity contribution in [3.63, 3.8) is 0 Å². The number of allylic oxidation sites excluding steroid dienone is 2. The predicted octanol–water partition coefficient (Wildman–Crippen LogP) is 2.95. The van der Waals surface area contributed by atoms with Gasteiger partial charge in [0.05, 0.1) is 25.2 Å². The number of furan rings is 1. The van der Waals surface area contributed by atoms with E-state index in [4.69, 9.17) is 13.9 Å². The molecular formula is C26H40O7. The van der Waals surface area contributed by atoms with Gasteiger partial charge in [0.15, 0.2) is 6.29 Å². The third-order valence-electron chi connectivity index (χ3n) is 8.83. The molecule has 1 aromatic rings. The summed E-state index contributed by atoms with van der Waals surface area (Å²) in [5, 5.41) is 40.3. The number of aliphatic hydroxyl groups is 4. The van der Waals surface area contributed by atoms with Gasteiger partial charge in [0.1, 0.15) is 24.4 Å². The lowest BCUT2D eigenvalue weighted by atomic mass is 9.49. The molecule has 2 aliphatic carbocycles. The highest BCUT2D eigenvalue weighted by molar-refractivity contribution is 5.29. The zero-order chi connectivity index (χ0) is 24.0. The van der Waals surface area contributed by atoms with Crippen LogP contribution in [-0.4, -0.2) is 63.8 Å². The standard InChI is InChI=1S/C26H40O7/c1-15-5-8-19-25(2,3)20(33-24-23(30)22(29)21(28)18(13-27)32-24)9-11-26(19,4)17(15)7-6-16-10-12-31-14-16/h10,12,14,18-24,27-30H,5-9,11,13H2,1-4H3/t18-,19?,20+,21-,22+,23-,24+,26-/m1/s1. The van der Waals surface area contributed by atoms with Crippen LogP contribution in [0.5, 0.6) is 0 Å². The fourth-order valence-electron chi connectivity index (χ4n) is 6.86. The molecule has 3 aliphatic rings. The van der Waals surface area contributed by atoms with Crippen molar-refractivity contribution < 1.29 is 34.3 Å². The Morgan fingerprint density at radius 2 is 1.82 bits per heavy atom. The van der Waals surface area contributed by atoms with E-state index in [9.17, 15) is 20.4 Å². The van der Waals surface area contributed by atoms with E-state index in [-0.39, 0.29) is 16.9 Å². The van der Waals surface area contributed by atoms with Crippen LogP contribution in [0.15, 0.2) is 34.2 Å². The third-order valence-corrected chi connectivity index (χ3v) is 8.83. The first kappa shape index (κ1) is 24.9. The summed E-state index contributed by atoms with van der Waals surface area (Å²) >= 11 is 0. The highest BCUT2D eigenvalue weighted by Gasteiger charge is 2.56. The van der Waals surface area contributed by atoms with Crippen LogP contribution < -0.4 is 0 Å². The molecule has 7 heteroatoms. The molecule has 2 fully saturated rings. The summed E-state index contributed by atoms with van der Waals surface area (Å²) in [6.07, 6.45) is 3.08. The SMILES string of the molecule is CC1=C(CCc2ccoc2)[C@@]2(C)CC[C@H](O[C@@H]3O[C@H](CO)[C@@H](O)[C@H](O)[C@H]3O)C(C)(C)C2CC1. The van der Waals surface area contributed by atoms with Crippen molar-refractivity contribution in [3.05, 3.63) is 35.3 Å². The summed E-state index contributed by atoms with van der Waals surface area (Å²) in [6, 6.07) is 2.04. The monoisotopic (exact) mass is 464 g/mol. The summed E-state index contributed by atoms with van der Waals surface area (Å²) < 4.78 is 17.2. The molecule has 2 heterocycles. The van der Waals surface area contributed by atoms with E-state index in [1.165, 1.54) is 11.1 Å². The van der Waals surface area contributed by atoms with Gasteiger partial charge >= 0.3 is 0 Å². The minimum atomic E-state index is -1.42. The smallest absolute Gasteiger partial charge is 0.186 e. The predicted molar refractivity (Wildman–Crippen MR) is 122 cm³/mol. The zero-order valence-electron chi connectivity index (χ0n) is 20.2. The quantitative estimate of drug-likeness (QED) is 0.479. The van der Waals surface area contributed by atoms with Gasteiger partial charge in [-0.2, -0.15) is 0 Å². The normalized spacial score (nSPS) is 41.2. The summed E-state index contributed by atoms with van der Waals surface area (Å²) in [5.74, 6) is 0.400. The lowest BCUT2D eigenvalue weighted by Gasteiger charge is -2.58. The first-order valence-electron chi connectivity index (χ1n) is 12.3. The average Bonchev–Trinajstić information content (AvgIpc) is 3.29. The van der Waals surface area contributed by atoms with Crippen LogP contribution in [0.2, 0.25) is 0 Å². The number of rotatable bonds is 6. The van der Waals surface area contributed by atoms with Crippen molar-refractivity contribution in [2.75, 3.05) is 6.61 Å². The molecule has 1 aromatic heterocycles. The second-order valence-corrected chi connectivity index (χ2v) is 11.1. The molecule has 0 amide bonds. The molecule has 0 bridgehead atoms. The Hall–Kier alpha value is -1.22. The Balaban J connectivity index is 1.51. The highest BCUT2D eigenvalue weighted by Crippen LogP contribution is 2.61. The van der Waals surface area contributed by atoms with E-state index < -0.39 is 37.3 Å². The lowest BCUT2D eigenvalue weighted by Crippen LogP contribution is -2.61. The van der Waals surface area contributed by atoms with Crippen LogP contribution in [0.1, 0.15) is 65.4 Å². The number of aliphatic hydroxyl groups excluding tert-OH is 4. The second kappa shape index (κ2) is 9.44. The van der Waals surface area contributed by atoms with Gasteiger partial charge in [0, 0.05) is 0 Å². The first-order valence-corrected chi connectivity index (χ1v) is 12.3. The molecule has 8 atom stereocenters. The van der Waals surface area contributed by atoms with Gasteiger partial charge in [-0.05, 0) is 73.8 Å². The maximum Gasteiger partial charge on any atom is 0.186 e. The third kappa shape index (κ3) is 4.44. The fourth-order valence-corrected chi connectivity index (χ4v) is 6.86. The van der Waals surface area contributed by atoms with E-state index in [2.05, 4.69) is 27.7 Å². The number of aryl methyl sites for hydroxylation is 1. The molecule has 1 aliphatic heterocycles. The fraction of sp³-hybridized carbons (Fsp3) is 0.769. The van der Waals surface area contributed by atoms with Gasteiger partial charge in [-0.3, -0.25) is 0 Å².